The van der Waals surface area contributed by atoms with Crippen LogP contribution in [0.5, 0.6) is 0 Å². The van der Waals surface area contributed by atoms with Gasteiger partial charge in [0.2, 0.25) is 0 Å². The molecule has 0 spiro atoms. The lowest BCUT2D eigenvalue weighted by molar-refractivity contribution is 0.401. The minimum Gasteiger partial charge on any atom is -0.427 e. The monoisotopic (exact) mass is 274 g/mol. The van der Waals surface area contributed by atoms with Gasteiger partial charge in [0.1, 0.15) is 5.82 Å². The molecule has 0 aliphatic carbocycles. The minimum atomic E-state index is -1.17. The number of hydrogen-bond acceptors (Lipinski definition) is 3. The van der Waals surface area contributed by atoms with E-state index in [0.717, 1.165) is 37.1 Å². The summed E-state index contributed by atoms with van der Waals surface area (Å²) in [6.45, 7) is 5.27. The van der Waals surface area contributed by atoms with Crippen LogP contribution in [0, 0.1) is 0 Å². The maximum atomic E-state index is 8.83. The van der Waals surface area contributed by atoms with Crippen LogP contribution in [0.15, 0.2) is 24.3 Å². The third-order valence-corrected chi connectivity index (χ3v) is 3.54. The van der Waals surface area contributed by atoms with E-state index >= 15 is 0 Å². The van der Waals surface area contributed by atoms with Crippen molar-refractivity contribution in [2.45, 2.75) is 51.9 Å². The molecular weight excluding hydrogens is 251 g/mol. The van der Waals surface area contributed by atoms with Crippen LogP contribution in [0.25, 0.3) is 11.0 Å². The largest absolute Gasteiger partial charge is 0.451 e. The smallest absolute Gasteiger partial charge is 0.427 e. The molecule has 0 saturated heterocycles. The summed E-state index contributed by atoms with van der Waals surface area (Å²) in [7, 11) is -1.17. The summed E-state index contributed by atoms with van der Waals surface area (Å²) in [5.41, 5.74) is 2.25. The van der Waals surface area contributed by atoms with Gasteiger partial charge in [-0.15, -0.1) is 0 Å². The Labute approximate surface area is 120 Å². The van der Waals surface area contributed by atoms with Crippen molar-refractivity contribution in [3.05, 3.63) is 30.1 Å². The Balaban J connectivity index is 2.06. The first-order valence-electron chi connectivity index (χ1n) is 7.41. The molecule has 0 radical (unpaired) electrons. The van der Waals surface area contributed by atoms with E-state index in [1.54, 1.807) is 0 Å². The van der Waals surface area contributed by atoms with E-state index < -0.39 is 7.12 Å². The van der Waals surface area contributed by atoms with Crippen molar-refractivity contribution in [1.82, 2.24) is 9.55 Å². The highest BCUT2D eigenvalue weighted by Gasteiger charge is 2.13. The number of benzene rings is 1. The molecular formula is C15H23BN2O2. The van der Waals surface area contributed by atoms with E-state index in [9.17, 15) is 0 Å². The highest BCUT2D eigenvalue weighted by molar-refractivity contribution is 6.40. The third kappa shape index (κ3) is 3.61. The van der Waals surface area contributed by atoms with Gasteiger partial charge in [-0.2, -0.15) is 0 Å². The first-order valence-corrected chi connectivity index (χ1v) is 7.41. The van der Waals surface area contributed by atoms with Crippen molar-refractivity contribution < 1.29 is 10.0 Å². The predicted octanol–water partition coefficient (Wildman–Crippen LogP) is 2.80. The number of aryl methyl sites for hydroxylation is 1. The Kier molecular flexibility index (Phi) is 5.20. The predicted molar refractivity (Wildman–Crippen MR) is 82.7 cm³/mol. The number of aromatic nitrogens is 2. The molecule has 2 aromatic rings. The van der Waals surface area contributed by atoms with Crippen LogP contribution in [0.3, 0.4) is 0 Å². The Morgan fingerprint density at radius 3 is 2.60 bits per heavy atom. The minimum absolute atomic E-state index is 0.404. The zero-order valence-corrected chi connectivity index (χ0v) is 12.3. The van der Waals surface area contributed by atoms with Crippen LogP contribution >= 0.6 is 0 Å². The molecule has 1 aromatic carbocycles. The molecule has 5 heteroatoms. The van der Waals surface area contributed by atoms with Gasteiger partial charge in [0.05, 0.1) is 11.0 Å². The number of imidazole rings is 1. The fourth-order valence-electron chi connectivity index (χ4n) is 2.54. The number of rotatable bonds is 7. The maximum Gasteiger partial charge on any atom is 0.451 e. The van der Waals surface area contributed by atoms with Gasteiger partial charge >= 0.3 is 7.12 Å². The van der Waals surface area contributed by atoms with Gasteiger partial charge in [-0.1, -0.05) is 38.8 Å². The summed E-state index contributed by atoms with van der Waals surface area (Å²) in [6, 6.07) is 8.24. The van der Waals surface area contributed by atoms with E-state index in [4.69, 9.17) is 15.0 Å². The highest BCUT2D eigenvalue weighted by atomic mass is 16.4. The molecule has 2 rings (SSSR count). The Morgan fingerprint density at radius 1 is 1.15 bits per heavy atom. The summed E-state index contributed by atoms with van der Waals surface area (Å²) in [5, 5.41) is 17.7. The van der Waals surface area contributed by atoms with Gasteiger partial charge in [-0.05, 0) is 24.9 Å². The zero-order valence-electron chi connectivity index (χ0n) is 12.3. The molecule has 0 bridgehead atoms. The molecule has 0 saturated carbocycles. The molecule has 0 aliphatic rings. The Hall–Kier alpha value is -1.33. The summed E-state index contributed by atoms with van der Waals surface area (Å²) >= 11 is 0. The van der Waals surface area contributed by atoms with E-state index in [2.05, 4.69) is 30.5 Å². The Bertz CT molecular complexity index is 552. The van der Waals surface area contributed by atoms with Gasteiger partial charge in [-0.3, -0.25) is 0 Å². The van der Waals surface area contributed by atoms with Crippen molar-refractivity contribution in [2.75, 3.05) is 0 Å². The molecule has 2 N–H and O–H groups in total. The van der Waals surface area contributed by atoms with E-state index in [1.165, 1.54) is 5.52 Å². The van der Waals surface area contributed by atoms with Crippen LogP contribution in [0.2, 0.25) is 6.32 Å². The summed E-state index contributed by atoms with van der Waals surface area (Å²) in [5.74, 6) is 1.54. The molecule has 4 nitrogen and oxygen atoms in total. The van der Waals surface area contributed by atoms with Gasteiger partial charge in [0.15, 0.2) is 0 Å². The zero-order chi connectivity index (χ0) is 14.5. The summed E-state index contributed by atoms with van der Waals surface area (Å²) in [6.07, 6.45) is 3.34. The fourth-order valence-corrected chi connectivity index (χ4v) is 2.54. The van der Waals surface area contributed by atoms with Crippen molar-refractivity contribution in [2.24, 2.45) is 0 Å². The van der Waals surface area contributed by atoms with Gasteiger partial charge in [-0.25, -0.2) is 4.98 Å². The Morgan fingerprint density at radius 2 is 1.90 bits per heavy atom. The number of hydrogen-bond donors (Lipinski definition) is 2. The standard InChI is InChI=1S/C15H23BN2O2/c1-12(2)15-17-13-8-4-5-9-14(13)18(15)11-7-3-6-10-16(19)20/h4-5,8-9,12,19-20H,3,6-7,10-11H2,1-2H3. The first-order chi connectivity index (χ1) is 9.59. The molecule has 0 atom stereocenters. The van der Waals surface area contributed by atoms with Crippen LogP contribution in [-0.4, -0.2) is 26.7 Å². The molecule has 0 fully saturated rings. The van der Waals surface area contributed by atoms with E-state index in [0.29, 0.717) is 12.2 Å². The lowest BCUT2D eigenvalue weighted by Crippen LogP contribution is -2.10. The topological polar surface area (TPSA) is 58.3 Å². The average Bonchev–Trinajstić information content (AvgIpc) is 2.77. The quantitative estimate of drug-likeness (QED) is 0.603. The van der Waals surface area contributed by atoms with Crippen LogP contribution < -0.4 is 0 Å². The molecule has 0 unspecified atom stereocenters. The third-order valence-electron chi connectivity index (χ3n) is 3.54. The molecule has 108 valence electrons. The number of unbranched alkanes of at least 4 members (excludes halogenated alkanes) is 2. The maximum absolute atomic E-state index is 8.83. The van der Waals surface area contributed by atoms with Crippen LogP contribution in [-0.2, 0) is 6.54 Å². The molecule has 20 heavy (non-hydrogen) atoms. The summed E-state index contributed by atoms with van der Waals surface area (Å²) in [4.78, 5) is 4.72. The number of nitrogens with zero attached hydrogens (tertiary/aromatic N) is 2. The van der Waals surface area contributed by atoms with Crippen molar-refractivity contribution in [3.8, 4) is 0 Å². The highest BCUT2D eigenvalue weighted by Crippen LogP contribution is 2.22. The second-order valence-corrected chi connectivity index (χ2v) is 5.60. The van der Waals surface area contributed by atoms with Gasteiger partial charge in [0, 0.05) is 12.5 Å². The molecule has 1 heterocycles. The SMILES string of the molecule is CC(C)c1nc2ccccc2n1CCCCCB(O)O. The molecule has 0 amide bonds. The normalized spacial score (nSPS) is 11.4. The van der Waals surface area contributed by atoms with Crippen molar-refractivity contribution >= 4 is 18.2 Å². The van der Waals surface area contributed by atoms with Gasteiger partial charge < -0.3 is 14.6 Å². The van der Waals surface area contributed by atoms with Crippen molar-refractivity contribution in [3.63, 3.8) is 0 Å². The number of fused-ring (bicyclic) bond motifs is 1. The van der Waals surface area contributed by atoms with E-state index in [1.807, 2.05) is 12.1 Å². The molecule has 0 aliphatic heterocycles. The summed E-state index contributed by atoms with van der Waals surface area (Å²) < 4.78 is 2.30. The van der Waals surface area contributed by atoms with Gasteiger partial charge in [0.25, 0.3) is 0 Å². The van der Waals surface area contributed by atoms with E-state index in [-0.39, 0.29) is 0 Å². The second-order valence-electron chi connectivity index (χ2n) is 5.60. The first kappa shape index (κ1) is 15.1. The number of para-hydroxylation sites is 2. The van der Waals surface area contributed by atoms with Crippen LogP contribution in [0.4, 0.5) is 0 Å². The lowest BCUT2D eigenvalue weighted by atomic mass is 9.83. The lowest BCUT2D eigenvalue weighted by Gasteiger charge is -2.11. The molecule has 1 aromatic heterocycles. The fraction of sp³-hybridized carbons (Fsp3) is 0.533. The average molecular weight is 274 g/mol. The second kappa shape index (κ2) is 6.91. The van der Waals surface area contributed by atoms with Crippen molar-refractivity contribution in [1.29, 1.82) is 0 Å². The van der Waals surface area contributed by atoms with Crippen LogP contribution in [0.1, 0.15) is 44.9 Å².